The van der Waals surface area contributed by atoms with Crippen LogP contribution in [0.2, 0.25) is 5.02 Å². The maximum atomic E-state index is 12.7. The van der Waals surface area contributed by atoms with Crippen molar-refractivity contribution < 1.29 is 9.69 Å². The van der Waals surface area contributed by atoms with Gasteiger partial charge in [0.2, 0.25) is 5.95 Å². The summed E-state index contributed by atoms with van der Waals surface area (Å²) in [4.78, 5) is 29.1. The van der Waals surface area contributed by atoms with Crippen LogP contribution in [0.15, 0.2) is 42.7 Å². The molecule has 148 valence electrons. The molecule has 2 aliphatic heterocycles. The summed E-state index contributed by atoms with van der Waals surface area (Å²) in [6.07, 6.45) is 3.51. The van der Waals surface area contributed by atoms with Gasteiger partial charge in [-0.15, -0.1) is 0 Å². The molecule has 4 rings (SSSR count). The zero-order valence-electron chi connectivity index (χ0n) is 15.9. The Kier molecular flexibility index (Phi) is 5.92. The molecule has 2 aliphatic rings. The van der Waals surface area contributed by atoms with E-state index in [0.717, 1.165) is 69.0 Å². The van der Waals surface area contributed by atoms with Crippen LogP contribution in [-0.4, -0.2) is 79.7 Å². The Bertz CT molecular complexity index is 788. The number of halogens is 1. The lowest BCUT2D eigenvalue weighted by atomic mass is 10.2. The molecule has 0 aliphatic carbocycles. The first-order valence-electron chi connectivity index (χ1n) is 9.83. The first-order valence-corrected chi connectivity index (χ1v) is 10.2. The van der Waals surface area contributed by atoms with Gasteiger partial charge in [0.25, 0.3) is 5.91 Å². The highest BCUT2D eigenvalue weighted by Crippen LogP contribution is 2.24. The fourth-order valence-corrected chi connectivity index (χ4v) is 4.14. The number of rotatable bonds is 4. The van der Waals surface area contributed by atoms with Crippen LogP contribution in [0.25, 0.3) is 0 Å². The van der Waals surface area contributed by atoms with Crippen LogP contribution in [0.5, 0.6) is 0 Å². The van der Waals surface area contributed by atoms with E-state index in [9.17, 15) is 4.79 Å². The average molecular weight is 402 g/mol. The molecule has 1 aromatic carbocycles. The molecule has 2 aromatic rings. The Morgan fingerprint density at radius 2 is 1.61 bits per heavy atom. The molecule has 0 atom stereocenters. The normalized spacial score (nSPS) is 18.4. The molecular formula is C20H26ClN6O+. The van der Waals surface area contributed by atoms with Crippen molar-refractivity contribution in [3.63, 3.8) is 0 Å². The largest absolute Gasteiger partial charge is 0.359 e. The molecule has 2 fully saturated rings. The van der Waals surface area contributed by atoms with E-state index >= 15 is 0 Å². The van der Waals surface area contributed by atoms with E-state index < -0.39 is 0 Å². The monoisotopic (exact) mass is 401 g/mol. The van der Waals surface area contributed by atoms with Gasteiger partial charge in [0.05, 0.1) is 36.9 Å². The van der Waals surface area contributed by atoms with E-state index in [-0.39, 0.29) is 5.91 Å². The van der Waals surface area contributed by atoms with Gasteiger partial charge >= 0.3 is 0 Å². The summed E-state index contributed by atoms with van der Waals surface area (Å²) in [6, 6.07) is 9.78. The lowest BCUT2D eigenvalue weighted by Crippen LogP contribution is -3.16. The van der Waals surface area contributed by atoms with Gasteiger partial charge in [-0.3, -0.25) is 4.79 Å². The Morgan fingerprint density at radius 3 is 2.29 bits per heavy atom. The maximum absolute atomic E-state index is 12.7. The summed E-state index contributed by atoms with van der Waals surface area (Å²) in [5.41, 5.74) is 1.09. The molecule has 1 amide bonds. The quantitative estimate of drug-likeness (QED) is 0.792. The van der Waals surface area contributed by atoms with Crippen LogP contribution >= 0.6 is 11.6 Å². The highest BCUT2D eigenvalue weighted by atomic mass is 35.5. The van der Waals surface area contributed by atoms with Crippen molar-refractivity contribution in [2.45, 2.75) is 0 Å². The van der Waals surface area contributed by atoms with Crippen molar-refractivity contribution in [3.8, 4) is 0 Å². The molecule has 0 unspecified atom stereocenters. The number of anilines is 2. The Morgan fingerprint density at radius 1 is 0.929 bits per heavy atom. The Hall–Kier alpha value is -2.38. The van der Waals surface area contributed by atoms with Crippen LogP contribution in [0, 0.1) is 0 Å². The predicted octanol–water partition coefficient (Wildman–Crippen LogP) is 0.184. The number of piperazine rings is 2. The topological polar surface area (TPSA) is 57.0 Å². The number of carbonyl (C=O) groups excluding carboxylic acids is 1. The third-order valence-corrected chi connectivity index (χ3v) is 5.85. The first kappa shape index (κ1) is 19.0. The second-order valence-corrected chi connectivity index (χ2v) is 7.69. The van der Waals surface area contributed by atoms with Crippen molar-refractivity contribution in [2.75, 3.05) is 68.7 Å². The third kappa shape index (κ3) is 4.36. The summed E-state index contributed by atoms with van der Waals surface area (Å²) < 4.78 is 0. The number of hydrogen-bond donors (Lipinski definition) is 1. The number of aromatic nitrogens is 2. The highest BCUT2D eigenvalue weighted by Gasteiger charge is 2.28. The molecular weight excluding hydrogens is 376 g/mol. The van der Waals surface area contributed by atoms with Gasteiger partial charge in [-0.1, -0.05) is 23.7 Å². The minimum absolute atomic E-state index is 0.245. The van der Waals surface area contributed by atoms with Gasteiger partial charge in [-0.25, -0.2) is 9.97 Å². The number of hydrogen-bond acceptors (Lipinski definition) is 5. The van der Waals surface area contributed by atoms with Crippen molar-refractivity contribution in [1.82, 2.24) is 14.9 Å². The van der Waals surface area contributed by atoms with Gasteiger partial charge < -0.3 is 19.6 Å². The number of amides is 1. The number of quaternary nitrogens is 1. The van der Waals surface area contributed by atoms with Crippen molar-refractivity contribution >= 4 is 29.1 Å². The number of benzene rings is 1. The number of nitrogens with one attached hydrogen (secondary N) is 1. The van der Waals surface area contributed by atoms with E-state index in [2.05, 4.69) is 25.8 Å². The maximum Gasteiger partial charge on any atom is 0.277 e. The minimum atomic E-state index is 0.245. The summed E-state index contributed by atoms with van der Waals surface area (Å²) in [5.74, 6) is 0.991. The molecule has 1 N–H and O–H groups in total. The number of para-hydroxylation sites is 1. The Labute approximate surface area is 170 Å². The van der Waals surface area contributed by atoms with E-state index in [1.165, 1.54) is 4.90 Å². The molecule has 1 aromatic heterocycles. The van der Waals surface area contributed by atoms with Crippen molar-refractivity contribution in [3.05, 3.63) is 47.7 Å². The van der Waals surface area contributed by atoms with Gasteiger partial charge in [0.15, 0.2) is 6.54 Å². The minimum Gasteiger partial charge on any atom is -0.359 e. The molecule has 8 heteroatoms. The lowest BCUT2D eigenvalue weighted by Gasteiger charge is -2.37. The van der Waals surface area contributed by atoms with Crippen LogP contribution in [0.4, 0.5) is 11.6 Å². The molecule has 28 heavy (non-hydrogen) atoms. The van der Waals surface area contributed by atoms with Crippen molar-refractivity contribution in [2.24, 2.45) is 0 Å². The van der Waals surface area contributed by atoms with E-state index in [4.69, 9.17) is 11.6 Å². The zero-order valence-corrected chi connectivity index (χ0v) is 16.7. The smallest absolute Gasteiger partial charge is 0.277 e. The second kappa shape index (κ2) is 8.75. The van der Waals surface area contributed by atoms with Crippen LogP contribution in [0.1, 0.15) is 0 Å². The number of carbonyl (C=O) groups is 1. The molecule has 0 bridgehead atoms. The van der Waals surface area contributed by atoms with Gasteiger partial charge in [0, 0.05) is 38.6 Å². The SMILES string of the molecule is O=C(C[NH+]1CCN(c2ccccc2Cl)CC1)N1CCN(c2ncccn2)CC1. The molecule has 7 nitrogen and oxygen atoms in total. The molecule has 3 heterocycles. The molecule has 0 saturated carbocycles. The van der Waals surface area contributed by atoms with E-state index in [1.54, 1.807) is 12.4 Å². The van der Waals surface area contributed by atoms with Gasteiger partial charge in [-0.05, 0) is 18.2 Å². The molecule has 0 spiro atoms. The van der Waals surface area contributed by atoms with Gasteiger partial charge in [0.1, 0.15) is 0 Å². The van der Waals surface area contributed by atoms with Crippen LogP contribution in [-0.2, 0) is 4.79 Å². The summed E-state index contributed by atoms with van der Waals surface area (Å²) in [5, 5.41) is 0.794. The number of nitrogens with zero attached hydrogens (tertiary/aromatic N) is 5. The predicted molar refractivity (Wildman–Crippen MR) is 110 cm³/mol. The second-order valence-electron chi connectivity index (χ2n) is 7.28. The fourth-order valence-electron chi connectivity index (χ4n) is 3.88. The van der Waals surface area contributed by atoms with Crippen LogP contribution < -0.4 is 14.7 Å². The molecule has 2 saturated heterocycles. The third-order valence-electron chi connectivity index (χ3n) is 5.53. The summed E-state index contributed by atoms with van der Waals surface area (Å²) in [7, 11) is 0. The fraction of sp³-hybridized carbons (Fsp3) is 0.450. The Balaban J connectivity index is 1.24. The first-order chi connectivity index (χ1) is 13.7. The zero-order chi connectivity index (χ0) is 19.3. The average Bonchev–Trinajstić information content (AvgIpc) is 2.75. The highest BCUT2D eigenvalue weighted by molar-refractivity contribution is 6.33. The van der Waals surface area contributed by atoms with E-state index in [1.807, 2.05) is 29.2 Å². The lowest BCUT2D eigenvalue weighted by molar-refractivity contribution is -0.892. The van der Waals surface area contributed by atoms with E-state index in [0.29, 0.717) is 6.54 Å². The summed E-state index contributed by atoms with van der Waals surface area (Å²) in [6.45, 7) is 7.35. The van der Waals surface area contributed by atoms with Crippen LogP contribution in [0.3, 0.4) is 0 Å². The standard InChI is InChI=1S/C20H25ClN6O/c21-17-4-1-2-5-18(17)25-10-8-24(9-11-25)16-19(28)26-12-14-27(15-13-26)20-22-6-3-7-23-20/h1-7H,8-16H2/p+1. The summed E-state index contributed by atoms with van der Waals surface area (Å²) >= 11 is 6.31. The van der Waals surface area contributed by atoms with Crippen molar-refractivity contribution in [1.29, 1.82) is 0 Å². The molecule has 0 radical (unpaired) electrons. The van der Waals surface area contributed by atoms with Gasteiger partial charge in [-0.2, -0.15) is 0 Å².